The second-order valence-corrected chi connectivity index (χ2v) is 8.55. The van der Waals surface area contributed by atoms with Crippen molar-refractivity contribution in [2.24, 2.45) is 0 Å². The lowest BCUT2D eigenvalue weighted by Gasteiger charge is -2.37. The van der Waals surface area contributed by atoms with E-state index in [9.17, 15) is 10.1 Å². The Morgan fingerprint density at radius 2 is 1.83 bits per heavy atom. The number of hydrogen-bond donors (Lipinski definition) is 1. The van der Waals surface area contributed by atoms with Crippen molar-refractivity contribution < 1.29 is 14.3 Å². The van der Waals surface area contributed by atoms with Crippen molar-refractivity contribution in [1.82, 2.24) is 9.47 Å². The SMILES string of the molecule is Cc1c(C#N)c(NC(=O)CN2CCCCC2C2OCCO2)n(C2CCCC2)c1C. The van der Waals surface area contributed by atoms with E-state index in [1.54, 1.807) is 0 Å². The minimum Gasteiger partial charge on any atom is -0.349 e. The fourth-order valence-electron chi connectivity index (χ4n) is 5.18. The van der Waals surface area contributed by atoms with Gasteiger partial charge in [0.25, 0.3) is 0 Å². The van der Waals surface area contributed by atoms with Gasteiger partial charge in [-0.15, -0.1) is 0 Å². The Morgan fingerprint density at radius 1 is 1.14 bits per heavy atom. The molecule has 0 spiro atoms. The van der Waals surface area contributed by atoms with E-state index in [-0.39, 0.29) is 18.2 Å². The molecule has 29 heavy (non-hydrogen) atoms. The number of carbonyl (C=O) groups is 1. The molecule has 4 rings (SSSR count). The van der Waals surface area contributed by atoms with E-state index in [0.29, 0.717) is 37.2 Å². The van der Waals surface area contributed by atoms with Crippen molar-refractivity contribution in [1.29, 1.82) is 5.26 Å². The molecule has 0 bridgehead atoms. The van der Waals surface area contributed by atoms with Crippen molar-refractivity contribution in [3.8, 4) is 6.07 Å². The van der Waals surface area contributed by atoms with E-state index < -0.39 is 0 Å². The number of piperidine rings is 1. The van der Waals surface area contributed by atoms with Gasteiger partial charge in [0, 0.05) is 11.7 Å². The highest BCUT2D eigenvalue weighted by Crippen LogP contribution is 2.37. The summed E-state index contributed by atoms with van der Waals surface area (Å²) in [5.41, 5.74) is 2.66. The molecule has 3 heterocycles. The van der Waals surface area contributed by atoms with E-state index in [2.05, 4.69) is 27.8 Å². The molecule has 7 heteroatoms. The van der Waals surface area contributed by atoms with Gasteiger partial charge in [0.05, 0.1) is 31.4 Å². The van der Waals surface area contributed by atoms with Crippen LogP contribution < -0.4 is 5.32 Å². The molecular formula is C22H32N4O3. The van der Waals surface area contributed by atoms with Crippen LogP contribution in [-0.2, 0) is 14.3 Å². The van der Waals surface area contributed by atoms with Gasteiger partial charge < -0.3 is 19.4 Å². The van der Waals surface area contributed by atoms with Crippen LogP contribution in [0, 0.1) is 25.2 Å². The quantitative estimate of drug-likeness (QED) is 0.821. The fourth-order valence-corrected chi connectivity index (χ4v) is 5.18. The Morgan fingerprint density at radius 3 is 2.52 bits per heavy atom. The Bertz CT molecular complexity index is 785. The average Bonchev–Trinajstić information content (AvgIpc) is 3.46. The molecule has 2 saturated heterocycles. The lowest BCUT2D eigenvalue weighted by atomic mass is 10.0. The number of nitriles is 1. The molecule has 7 nitrogen and oxygen atoms in total. The molecule has 1 aliphatic carbocycles. The molecule has 0 aromatic carbocycles. The van der Waals surface area contributed by atoms with Crippen molar-refractivity contribution in [2.75, 3.05) is 31.6 Å². The van der Waals surface area contributed by atoms with Crippen LogP contribution in [0.2, 0.25) is 0 Å². The maximum absolute atomic E-state index is 13.0. The highest BCUT2D eigenvalue weighted by molar-refractivity contribution is 5.93. The number of anilines is 1. The van der Waals surface area contributed by atoms with Crippen LogP contribution in [0.3, 0.4) is 0 Å². The predicted octanol–water partition coefficient (Wildman–Crippen LogP) is 3.26. The first-order chi connectivity index (χ1) is 14.1. The molecule has 1 unspecified atom stereocenters. The minimum atomic E-state index is -0.232. The summed E-state index contributed by atoms with van der Waals surface area (Å²) in [7, 11) is 0. The van der Waals surface area contributed by atoms with Crippen LogP contribution in [0.4, 0.5) is 5.82 Å². The van der Waals surface area contributed by atoms with Crippen LogP contribution >= 0.6 is 0 Å². The second kappa shape index (κ2) is 8.86. The first-order valence-electron chi connectivity index (χ1n) is 11.0. The number of nitrogens with one attached hydrogen (secondary N) is 1. The standard InChI is InChI=1S/C22H32N4O3/c1-15-16(2)26(17-7-3-4-8-17)21(18(15)13-23)24-20(27)14-25-10-6-5-9-19(25)22-28-11-12-29-22/h17,19,22H,3-12,14H2,1-2H3,(H,24,27). The number of ether oxygens (including phenoxy) is 2. The van der Waals surface area contributed by atoms with Crippen LogP contribution in [-0.4, -0.2) is 54.0 Å². The van der Waals surface area contributed by atoms with Gasteiger partial charge in [-0.2, -0.15) is 5.26 Å². The zero-order chi connectivity index (χ0) is 20.4. The lowest BCUT2D eigenvalue weighted by Crippen LogP contribution is -2.50. The number of nitrogens with zero attached hydrogens (tertiary/aromatic N) is 3. The summed E-state index contributed by atoms with van der Waals surface area (Å²) >= 11 is 0. The largest absolute Gasteiger partial charge is 0.349 e. The van der Waals surface area contributed by atoms with Gasteiger partial charge in [-0.25, -0.2) is 0 Å². The third-order valence-corrected chi connectivity index (χ3v) is 6.79. The Labute approximate surface area is 172 Å². The summed E-state index contributed by atoms with van der Waals surface area (Å²) in [6.07, 6.45) is 7.58. The van der Waals surface area contributed by atoms with Crippen molar-refractivity contribution in [2.45, 2.75) is 77.2 Å². The van der Waals surface area contributed by atoms with Crippen molar-refractivity contribution >= 4 is 11.7 Å². The zero-order valence-electron chi connectivity index (χ0n) is 17.6. The molecule has 0 radical (unpaired) electrons. The molecule has 1 aromatic heterocycles. The van der Waals surface area contributed by atoms with Crippen LogP contribution in [0.1, 0.15) is 67.8 Å². The Balaban J connectivity index is 1.52. The number of aromatic nitrogens is 1. The second-order valence-electron chi connectivity index (χ2n) is 8.55. The number of likely N-dealkylation sites (tertiary alicyclic amines) is 1. The first kappa shape index (κ1) is 20.4. The van der Waals surface area contributed by atoms with E-state index in [0.717, 1.165) is 49.9 Å². The molecule has 2 aliphatic heterocycles. The summed E-state index contributed by atoms with van der Waals surface area (Å²) in [4.78, 5) is 15.2. The fraction of sp³-hybridized carbons (Fsp3) is 0.727. The van der Waals surface area contributed by atoms with E-state index in [1.165, 1.54) is 12.8 Å². The normalized spacial score (nSPS) is 24.1. The van der Waals surface area contributed by atoms with Crippen molar-refractivity contribution in [3.05, 3.63) is 16.8 Å². The first-order valence-corrected chi connectivity index (χ1v) is 11.0. The van der Waals surface area contributed by atoms with Crippen molar-refractivity contribution in [3.63, 3.8) is 0 Å². The summed E-state index contributed by atoms with van der Waals surface area (Å²) < 4.78 is 13.6. The number of hydrogen-bond acceptors (Lipinski definition) is 5. The molecule has 3 aliphatic rings. The summed E-state index contributed by atoms with van der Waals surface area (Å²) in [6, 6.07) is 2.81. The van der Waals surface area contributed by atoms with Gasteiger partial charge >= 0.3 is 0 Å². The minimum absolute atomic E-state index is 0.0665. The number of rotatable bonds is 5. The third kappa shape index (κ3) is 4.07. The molecule has 1 N–H and O–H groups in total. The summed E-state index contributed by atoms with van der Waals surface area (Å²) in [5.74, 6) is 0.615. The predicted molar refractivity (Wildman–Crippen MR) is 110 cm³/mol. The van der Waals surface area contributed by atoms with Gasteiger partial charge in [0.15, 0.2) is 6.29 Å². The van der Waals surface area contributed by atoms with E-state index >= 15 is 0 Å². The molecular weight excluding hydrogens is 368 g/mol. The summed E-state index contributed by atoms with van der Waals surface area (Å²) in [6.45, 7) is 6.45. The molecule has 1 atom stereocenters. The van der Waals surface area contributed by atoms with Crippen LogP contribution in [0.5, 0.6) is 0 Å². The van der Waals surface area contributed by atoms with Gasteiger partial charge in [-0.05, 0) is 51.6 Å². The average molecular weight is 401 g/mol. The maximum Gasteiger partial charge on any atom is 0.239 e. The maximum atomic E-state index is 13.0. The number of amides is 1. The smallest absolute Gasteiger partial charge is 0.239 e. The molecule has 1 saturated carbocycles. The topological polar surface area (TPSA) is 79.5 Å². The van der Waals surface area contributed by atoms with Gasteiger partial charge in [-0.3, -0.25) is 9.69 Å². The lowest BCUT2D eigenvalue weighted by molar-refractivity contribution is -0.127. The highest BCUT2D eigenvalue weighted by Gasteiger charge is 2.35. The van der Waals surface area contributed by atoms with Crippen LogP contribution in [0.15, 0.2) is 0 Å². The third-order valence-electron chi connectivity index (χ3n) is 6.79. The Kier molecular flexibility index (Phi) is 6.23. The molecule has 3 fully saturated rings. The molecule has 1 amide bonds. The van der Waals surface area contributed by atoms with E-state index in [1.807, 2.05) is 6.92 Å². The zero-order valence-corrected chi connectivity index (χ0v) is 17.6. The molecule has 1 aromatic rings. The van der Waals surface area contributed by atoms with Gasteiger partial charge in [-0.1, -0.05) is 19.3 Å². The summed E-state index contributed by atoms with van der Waals surface area (Å²) in [5, 5.41) is 12.8. The monoisotopic (exact) mass is 400 g/mol. The highest BCUT2D eigenvalue weighted by atomic mass is 16.7. The number of carbonyl (C=O) groups excluding carboxylic acids is 1. The molecule has 158 valence electrons. The van der Waals surface area contributed by atoms with Crippen LogP contribution in [0.25, 0.3) is 0 Å². The Hall–Kier alpha value is -1.88. The van der Waals surface area contributed by atoms with Gasteiger partial charge in [0.1, 0.15) is 11.9 Å². The van der Waals surface area contributed by atoms with E-state index in [4.69, 9.17) is 9.47 Å². The van der Waals surface area contributed by atoms with Gasteiger partial charge in [0.2, 0.25) is 5.91 Å².